The van der Waals surface area contributed by atoms with Gasteiger partial charge in [-0.3, -0.25) is 0 Å². The van der Waals surface area contributed by atoms with E-state index >= 15 is 0 Å². The van der Waals surface area contributed by atoms with Crippen LogP contribution in [0.1, 0.15) is 55.4 Å². The zero-order valence-electron chi connectivity index (χ0n) is 25.0. The highest BCUT2D eigenvalue weighted by molar-refractivity contribution is 5.52. The van der Waals surface area contributed by atoms with Gasteiger partial charge in [0.25, 0.3) is 0 Å². The Morgan fingerprint density at radius 3 is 1.42 bits per heavy atom. The van der Waals surface area contributed by atoms with Crippen LogP contribution in [-0.4, -0.2) is 38.4 Å². The summed E-state index contributed by atoms with van der Waals surface area (Å²) in [4.78, 5) is 0. The molecule has 2 heterocycles. The van der Waals surface area contributed by atoms with Crippen LogP contribution in [0, 0.1) is 0 Å². The van der Waals surface area contributed by atoms with E-state index in [1.54, 1.807) is 0 Å². The Bertz CT molecular complexity index is 1360. The SMILES string of the molecule is CCCOC1(Oc2ccc(C(CCc3ccccc3)(c3ccccc3)c3ccc(OC4(OCCC)CO4)cc3)cc2)CO1. The van der Waals surface area contributed by atoms with Crippen LogP contribution >= 0.6 is 0 Å². The predicted octanol–water partition coefficient (Wildman–Crippen LogP) is 7.63. The van der Waals surface area contributed by atoms with E-state index in [2.05, 4.69) is 98.8 Å². The lowest BCUT2D eigenvalue weighted by Crippen LogP contribution is -2.30. The average molecular weight is 581 g/mol. The van der Waals surface area contributed by atoms with Crippen molar-refractivity contribution in [2.75, 3.05) is 26.4 Å². The molecule has 6 nitrogen and oxygen atoms in total. The van der Waals surface area contributed by atoms with Crippen molar-refractivity contribution in [1.82, 2.24) is 0 Å². The molecule has 4 aromatic rings. The van der Waals surface area contributed by atoms with Gasteiger partial charge in [-0.2, -0.15) is 0 Å². The average Bonchev–Trinajstić information content (AvgIpc) is 4.00. The second-order valence-corrected chi connectivity index (χ2v) is 11.2. The molecule has 224 valence electrons. The van der Waals surface area contributed by atoms with Crippen molar-refractivity contribution in [2.45, 2.75) is 56.9 Å². The number of benzene rings is 4. The number of hydrogen-bond donors (Lipinski definition) is 0. The summed E-state index contributed by atoms with van der Waals surface area (Å²) < 4.78 is 34.9. The number of hydrogen-bond acceptors (Lipinski definition) is 6. The molecular formula is C37H40O6. The summed E-state index contributed by atoms with van der Waals surface area (Å²) >= 11 is 0. The molecule has 0 saturated carbocycles. The lowest BCUT2D eigenvalue weighted by atomic mass is 9.66. The van der Waals surface area contributed by atoms with Gasteiger partial charge in [-0.05, 0) is 72.2 Å². The molecule has 0 aromatic heterocycles. The lowest BCUT2D eigenvalue weighted by Gasteiger charge is -2.36. The molecule has 4 aromatic carbocycles. The molecule has 0 amide bonds. The third-order valence-corrected chi connectivity index (χ3v) is 7.95. The summed E-state index contributed by atoms with van der Waals surface area (Å²) in [6.45, 7) is 6.19. The zero-order chi connectivity index (χ0) is 29.6. The van der Waals surface area contributed by atoms with Gasteiger partial charge >= 0.3 is 11.9 Å². The summed E-state index contributed by atoms with van der Waals surface area (Å²) in [6.07, 6.45) is 3.56. The Morgan fingerprint density at radius 1 is 0.581 bits per heavy atom. The number of aryl methyl sites for hydroxylation is 1. The maximum atomic E-state index is 6.13. The van der Waals surface area contributed by atoms with Crippen LogP contribution in [0.15, 0.2) is 109 Å². The third-order valence-electron chi connectivity index (χ3n) is 7.95. The van der Waals surface area contributed by atoms with Crippen LogP contribution in [0.2, 0.25) is 0 Å². The van der Waals surface area contributed by atoms with Crippen LogP contribution < -0.4 is 9.47 Å². The summed E-state index contributed by atoms with van der Waals surface area (Å²) in [5.74, 6) is -0.484. The first kappa shape index (κ1) is 29.4. The molecule has 6 rings (SSSR count). The van der Waals surface area contributed by atoms with Gasteiger partial charge in [0, 0.05) is 5.41 Å². The zero-order valence-corrected chi connectivity index (χ0v) is 25.0. The quantitative estimate of drug-likeness (QED) is 0.0771. The Morgan fingerprint density at radius 2 is 1.00 bits per heavy atom. The van der Waals surface area contributed by atoms with E-state index in [-0.39, 0.29) is 0 Å². The van der Waals surface area contributed by atoms with Gasteiger partial charge in [-0.15, -0.1) is 0 Å². The fourth-order valence-electron chi connectivity index (χ4n) is 5.58. The molecule has 0 radical (unpaired) electrons. The molecule has 0 N–H and O–H groups in total. The Balaban J connectivity index is 1.36. The molecule has 2 atom stereocenters. The summed E-state index contributed by atoms with van der Waals surface area (Å²) in [7, 11) is 0. The van der Waals surface area contributed by atoms with E-state index in [1.165, 1.54) is 22.3 Å². The fourth-order valence-corrected chi connectivity index (χ4v) is 5.58. The van der Waals surface area contributed by atoms with Crippen LogP contribution in [0.25, 0.3) is 0 Å². The van der Waals surface area contributed by atoms with Crippen molar-refractivity contribution in [1.29, 1.82) is 0 Å². The van der Waals surface area contributed by atoms with E-state index in [0.29, 0.717) is 37.9 Å². The van der Waals surface area contributed by atoms with Crippen molar-refractivity contribution >= 4 is 0 Å². The Labute approximate surface area is 254 Å². The molecule has 2 aliphatic rings. The van der Waals surface area contributed by atoms with Crippen LogP contribution in [-0.2, 0) is 30.8 Å². The first-order valence-corrected chi connectivity index (χ1v) is 15.3. The molecule has 2 aliphatic heterocycles. The van der Waals surface area contributed by atoms with Crippen LogP contribution in [0.4, 0.5) is 0 Å². The lowest BCUT2D eigenvalue weighted by molar-refractivity contribution is -0.173. The van der Waals surface area contributed by atoms with Gasteiger partial charge in [0.05, 0.1) is 13.2 Å². The van der Waals surface area contributed by atoms with Crippen molar-refractivity contribution in [3.63, 3.8) is 0 Å². The minimum Gasteiger partial charge on any atom is -0.437 e. The second kappa shape index (κ2) is 12.9. The molecule has 2 unspecified atom stereocenters. The maximum absolute atomic E-state index is 6.13. The standard InChI is InChI=1S/C37H40O6/c1-3-25-38-36(27-40-36)42-33-19-15-31(16-20-33)35(30-13-9-6-10-14-30,24-23-29-11-7-5-8-12-29)32-17-21-34(22-18-32)43-37(28-41-37)39-26-4-2/h5-22H,3-4,23-28H2,1-2H3. The topological polar surface area (TPSA) is 62.0 Å². The van der Waals surface area contributed by atoms with Gasteiger partial charge in [-0.1, -0.05) is 98.8 Å². The largest absolute Gasteiger partial charge is 0.437 e. The maximum Gasteiger partial charge on any atom is 0.352 e. The first-order chi connectivity index (χ1) is 21.1. The normalized spacial score (nSPS) is 22.0. The van der Waals surface area contributed by atoms with Crippen molar-refractivity contribution in [3.8, 4) is 11.5 Å². The van der Waals surface area contributed by atoms with E-state index in [1.807, 2.05) is 24.3 Å². The highest BCUT2D eigenvalue weighted by atomic mass is 16.9. The molecule has 6 heteroatoms. The minimum atomic E-state index is -0.958. The Kier molecular flexibility index (Phi) is 8.82. The molecule has 0 spiro atoms. The highest BCUT2D eigenvalue weighted by Gasteiger charge is 2.51. The minimum absolute atomic E-state index is 0.435. The molecule has 0 bridgehead atoms. The van der Waals surface area contributed by atoms with Crippen molar-refractivity contribution < 1.29 is 28.4 Å². The fraction of sp³-hybridized carbons (Fsp3) is 0.351. The van der Waals surface area contributed by atoms with Crippen LogP contribution in [0.5, 0.6) is 11.5 Å². The molecule has 2 saturated heterocycles. The van der Waals surface area contributed by atoms with E-state index < -0.39 is 17.4 Å². The van der Waals surface area contributed by atoms with Crippen LogP contribution in [0.3, 0.4) is 0 Å². The molecule has 0 aliphatic carbocycles. The highest BCUT2D eigenvalue weighted by Crippen LogP contribution is 2.45. The van der Waals surface area contributed by atoms with E-state index in [9.17, 15) is 0 Å². The third kappa shape index (κ3) is 6.78. The summed E-state index contributed by atoms with van der Waals surface area (Å²) in [5, 5.41) is 0. The van der Waals surface area contributed by atoms with E-state index in [0.717, 1.165) is 25.7 Å². The monoisotopic (exact) mass is 580 g/mol. The first-order valence-electron chi connectivity index (χ1n) is 15.3. The van der Waals surface area contributed by atoms with Gasteiger partial charge < -0.3 is 28.4 Å². The number of ether oxygens (including phenoxy) is 6. The molecular weight excluding hydrogens is 540 g/mol. The summed E-state index contributed by atoms with van der Waals surface area (Å²) in [6, 6.07) is 38.1. The van der Waals surface area contributed by atoms with E-state index in [4.69, 9.17) is 28.4 Å². The Hall–Kier alpha value is -3.68. The molecule has 2 fully saturated rings. The van der Waals surface area contributed by atoms with Gasteiger partial charge in [-0.25, -0.2) is 0 Å². The van der Waals surface area contributed by atoms with Gasteiger partial charge in [0.1, 0.15) is 24.7 Å². The number of rotatable bonds is 16. The van der Waals surface area contributed by atoms with Crippen molar-refractivity contribution in [2.24, 2.45) is 0 Å². The van der Waals surface area contributed by atoms with Gasteiger partial charge in [0.15, 0.2) is 0 Å². The second-order valence-electron chi connectivity index (χ2n) is 11.2. The molecule has 43 heavy (non-hydrogen) atoms. The smallest absolute Gasteiger partial charge is 0.352 e. The van der Waals surface area contributed by atoms with Crippen molar-refractivity contribution in [3.05, 3.63) is 131 Å². The predicted molar refractivity (Wildman–Crippen MR) is 165 cm³/mol. The van der Waals surface area contributed by atoms with Gasteiger partial charge in [0.2, 0.25) is 0 Å². The summed E-state index contributed by atoms with van der Waals surface area (Å²) in [5.41, 5.74) is 4.42. The number of epoxide rings is 2.